The third kappa shape index (κ3) is 2.23. The van der Waals surface area contributed by atoms with E-state index in [0.717, 1.165) is 16.7 Å². The molecule has 2 aromatic rings. The molecule has 0 saturated heterocycles. The van der Waals surface area contributed by atoms with Crippen LogP contribution in [-0.2, 0) is 0 Å². The summed E-state index contributed by atoms with van der Waals surface area (Å²) in [4.78, 5) is 10.9. The Bertz CT molecular complexity index is 654. The number of carboxylic acids is 1. The Labute approximate surface area is 105 Å². The molecular formula is C15H11NO2. The molecule has 88 valence electrons. The SMILES string of the molecule is Cc1cccc(-c2ccc(C(=O)O)cc2C#N)c1. The van der Waals surface area contributed by atoms with E-state index in [1.807, 2.05) is 37.3 Å². The van der Waals surface area contributed by atoms with Crippen molar-refractivity contribution in [3.8, 4) is 17.2 Å². The highest BCUT2D eigenvalue weighted by molar-refractivity contribution is 5.89. The minimum absolute atomic E-state index is 0.128. The van der Waals surface area contributed by atoms with Crippen molar-refractivity contribution in [1.82, 2.24) is 0 Å². The lowest BCUT2D eigenvalue weighted by atomic mass is 9.97. The van der Waals surface area contributed by atoms with E-state index < -0.39 is 5.97 Å². The maximum Gasteiger partial charge on any atom is 0.335 e. The van der Waals surface area contributed by atoms with Crippen LogP contribution in [0.4, 0.5) is 0 Å². The predicted molar refractivity (Wildman–Crippen MR) is 68.3 cm³/mol. The Morgan fingerprint density at radius 1 is 1.22 bits per heavy atom. The Morgan fingerprint density at radius 2 is 2.00 bits per heavy atom. The number of nitriles is 1. The molecule has 0 aromatic heterocycles. The molecule has 1 N–H and O–H groups in total. The van der Waals surface area contributed by atoms with E-state index in [4.69, 9.17) is 10.4 Å². The molecule has 2 aromatic carbocycles. The molecule has 0 aliphatic carbocycles. The van der Waals surface area contributed by atoms with E-state index in [1.54, 1.807) is 6.07 Å². The van der Waals surface area contributed by atoms with Gasteiger partial charge in [0, 0.05) is 0 Å². The second-order valence-electron chi connectivity index (χ2n) is 4.05. The van der Waals surface area contributed by atoms with Crippen molar-refractivity contribution in [2.45, 2.75) is 6.92 Å². The Kier molecular flexibility index (Phi) is 3.11. The smallest absolute Gasteiger partial charge is 0.335 e. The van der Waals surface area contributed by atoms with Crippen molar-refractivity contribution in [3.05, 3.63) is 59.2 Å². The van der Waals surface area contributed by atoms with Crippen LogP contribution >= 0.6 is 0 Å². The summed E-state index contributed by atoms with van der Waals surface area (Å²) in [5.41, 5.74) is 3.27. The number of aromatic carboxylic acids is 1. The summed E-state index contributed by atoms with van der Waals surface area (Å²) in [5, 5.41) is 18.0. The molecule has 0 heterocycles. The molecular weight excluding hydrogens is 226 g/mol. The highest BCUT2D eigenvalue weighted by atomic mass is 16.4. The van der Waals surface area contributed by atoms with Gasteiger partial charge in [0.2, 0.25) is 0 Å². The Morgan fingerprint density at radius 3 is 2.61 bits per heavy atom. The summed E-state index contributed by atoms with van der Waals surface area (Å²) in [6.07, 6.45) is 0. The standard InChI is InChI=1S/C15H11NO2/c1-10-3-2-4-11(7-10)14-6-5-12(15(17)18)8-13(14)9-16/h2-8H,1H3,(H,17,18). The quantitative estimate of drug-likeness (QED) is 0.872. The monoisotopic (exact) mass is 237 g/mol. The van der Waals surface area contributed by atoms with Crippen LogP contribution in [0.3, 0.4) is 0 Å². The number of benzene rings is 2. The molecule has 18 heavy (non-hydrogen) atoms. The van der Waals surface area contributed by atoms with Crippen LogP contribution < -0.4 is 0 Å². The lowest BCUT2D eigenvalue weighted by molar-refractivity contribution is 0.0697. The van der Waals surface area contributed by atoms with Crippen molar-refractivity contribution in [3.63, 3.8) is 0 Å². The third-order valence-corrected chi connectivity index (χ3v) is 2.72. The zero-order chi connectivity index (χ0) is 13.1. The lowest BCUT2D eigenvalue weighted by Gasteiger charge is -2.06. The van der Waals surface area contributed by atoms with E-state index in [1.165, 1.54) is 12.1 Å². The van der Waals surface area contributed by atoms with E-state index in [0.29, 0.717) is 5.56 Å². The first kappa shape index (κ1) is 11.9. The molecule has 3 nitrogen and oxygen atoms in total. The van der Waals surface area contributed by atoms with Gasteiger partial charge in [0.15, 0.2) is 0 Å². The fourth-order valence-electron chi connectivity index (χ4n) is 1.83. The first-order valence-electron chi connectivity index (χ1n) is 5.46. The van der Waals surface area contributed by atoms with Crippen LogP contribution in [-0.4, -0.2) is 11.1 Å². The molecule has 0 saturated carbocycles. The largest absolute Gasteiger partial charge is 0.478 e. The van der Waals surface area contributed by atoms with Crippen molar-refractivity contribution >= 4 is 5.97 Å². The minimum atomic E-state index is -1.03. The van der Waals surface area contributed by atoms with Crippen LogP contribution in [0.1, 0.15) is 21.5 Å². The number of nitrogens with zero attached hydrogens (tertiary/aromatic N) is 1. The molecule has 0 unspecified atom stereocenters. The van der Waals surface area contributed by atoms with Crippen molar-refractivity contribution in [1.29, 1.82) is 5.26 Å². The summed E-state index contributed by atoms with van der Waals surface area (Å²) in [7, 11) is 0. The lowest BCUT2D eigenvalue weighted by Crippen LogP contribution is -1.97. The Balaban J connectivity index is 2.59. The van der Waals surface area contributed by atoms with Crippen LogP contribution in [0.2, 0.25) is 0 Å². The maximum atomic E-state index is 10.9. The maximum absolute atomic E-state index is 10.9. The zero-order valence-corrected chi connectivity index (χ0v) is 9.84. The predicted octanol–water partition coefficient (Wildman–Crippen LogP) is 3.23. The van der Waals surface area contributed by atoms with Gasteiger partial charge in [0.1, 0.15) is 0 Å². The van der Waals surface area contributed by atoms with Gasteiger partial charge in [-0.25, -0.2) is 4.79 Å². The summed E-state index contributed by atoms with van der Waals surface area (Å²) in [6, 6.07) is 14.4. The first-order valence-corrected chi connectivity index (χ1v) is 5.46. The molecule has 2 rings (SSSR count). The van der Waals surface area contributed by atoms with E-state index in [9.17, 15) is 4.79 Å². The number of aryl methyl sites for hydroxylation is 1. The zero-order valence-electron chi connectivity index (χ0n) is 9.84. The van der Waals surface area contributed by atoms with E-state index in [-0.39, 0.29) is 5.56 Å². The average Bonchev–Trinajstić information content (AvgIpc) is 2.37. The first-order chi connectivity index (χ1) is 8.61. The molecule has 0 fully saturated rings. The van der Waals surface area contributed by atoms with Crippen LogP contribution in [0, 0.1) is 18.3 Å². The molecule has 0 spiro atoms. The highest BCUT2D eigenvalue weighted by Crippen LogP contribution is 2.25. The van der Waals surface area contributed by atoms with Gasteiger partial charge in [-0.15, -0.1) is 0 Å². The second-order valence-corrected chi connectivity index (χ2v) is 4.05. The molecule has 3 heteroatoms. The summed E-state index contributed by atoms with van der Waals surface area (Å²) in [5.74, 6) is -1.03. The van der Waals surface area contributed by atoms with Crippen LogP contribution in [0.15, 0.2) is 42.5 Å². The summed E-state index contributed by atoms with van der Waals surface area (Å²) in [6.45, 7) is 1.97. The summed E-state index contributed by atoms with van der Waals surface area (Å²) >= 11 is 0. The van der Waals surface area contributed by atoms with Gasteiger partial charge in [0.05, 0.1) is 17.2 Å². The van der Waals surface area contributed by atoms with Gasteiger partial charge in [-0.05, 0) is 30.2 Å². The number of carbonyl (C=O) groups is 1. The number of rotatable bonds is 2. The van der Waals surface area contributed by atoms with Crippen LogP contribution in [0.25, 0.3) is 11.1 Å². The second kappa shape index (κ2) is 4.72. The molecule has 0 aliphatic rings. The normalized spacial score (nSPS) is 9.78. The van der Waals surface area contributed by atoms with Crippen molar-refractivity contribution in [2.24, 2.45) is 0 Å². The fourth-order valence-corrected chi connectivity index (χ4v) is 1.83. The highest BCUT2D eigenvalue weighted by Gasteiger charge is 2.09. The van der Waals surface area contributed by atoms with E-state index >= 15 is 0 Å². The molecule has 0 atom stereocenters. The molecule has 0 aliphatic heterocycles. The van der Waals surface area contributed by atoms with Crippen molar-refractivity contribution < 1.29 is 9.90 Å². The fraction of sp³-hybridized carbons (Fsp3) is 0.0667. The minimum Gasteiger partial charge on any atom is -0.478 e. The van der Waals surface area contributed by atoms with Gasteiger partial charge in [-0.2, -0.15) is 5.26 Å². The Hall–Kier alpha value is -2.60. The number of hydrogen-bond acceptors (Lipinski definition) is 2. The van der Waals surface area contributed by atoms with Gasteiger partial charge >= 0.3 is 5.97 Å². The topological polar surface area (TPSA) is 61.1 Å². The molecule has 0 radical (unpaired) electrons. The van der Waals surface area contributed by atoms with E-state index in [2.05, 4.69) is 0 Å². The average molecular weight is 237 g/mol. The third-order valence-electron chi connectivity index (χ3n) is 2.72. The molecule has 0 amide bonds. The van der Waals surface area contributed by atoms with Gasteiger partial charge < -0.3 is 5.11 Å². The summed E-state index contributed by atoms with van der Waals surface area (Å²) < 4.78 is 0. The molecule has 0 bridgehead atoms. The van der Waals surface area contributed by atoms with Gasteiger partial charge in [-0.1, -0.05) is 35.9 Å². The van der Waals surface area contributed by atoms with Gasteiger partial charge in [-0.3, -0.25) is 0 Å². The van der Waals surface area contributed by atoms with Gasteiger partial charge in [0.25, 0.3) is 0 Å². The van der Waals surface area contributed by atoms with Crippen molar-refractivity contribution in [2.75, 3.05) is 0 Å². The number of carboxylic acid groups (broad SMARTS) is 1. The number of hydrogen-bond donors (Lipinski definition) is 1. The van der Waals surface area contributed by atoms with Crippen LogP contribution in [0.5, 0.6) is 0 Å².